The number of hydrogen-bond acceptors (Lipinski definition) is 2. The third kappa shape index (κ3) is 5.43. The van der Waals surface area contributed by atoms with Gasteiger partial charge in [0.15, 0.2) is 0 Å². The lowest BCUT2D eigenvalue weighted by molar-refractivity contribution is -0.385. The summed E-state index contributed by atoms with van der Waals surface area (Å²) in [5.74, 6) is 0. The molecule has 0 spiro atoms. The van der Waals surface area contributed by atoms with Crippen LogP contribution in [0, 0.1) is 17.0 Å². The lowest BCUT2D eigenvalue weighted by Gasteiger charge is -2.05. The molecule has 0 radical (unpaired) electrons. The van der Waals surface area contributed by atoms with Crippen LogP contribution in [0.5, 0.6) is 0 Å². The molecule has 0 atom stereocenters. The Labute approximate surface area is 124 Å². The largest absolute Gasteiger partial charge is 0.416 e. The second-order valence-corrected chi connectivity index (χ2v) is 4.48. The molecule has 7 heteroatoms. The van der Waals surface area contributed by atoms with E-state index in [1.54, 1.807) is 0 Å². The highest BCUT2D eigenvalue weighted by molar-refractivity contribution is 6.32. The van der Waals surface area contributed by atoms with Crippen molar-refractivity contribution in [3.63, 3.8) is 0 Å². The Kier molecular flexibility index (Phi) is 5.72. The minimum Gasteiger partial charge on any atom is -0.258 e. The maximum absolute atomic E-state index is 12.1. The fraction of sp³-hybridized carbons (Fsp3) is 0.143. The van der Waals surface area contributed by atoms with Crippen LogP contribution < -0.4 is 0 Å². The van der Waals surface area contributed by atoms with Crippen LogP contribution in [-0.2, 0) is 6.18 Å². The Morgan fingerprint density at radius 2 is 1.67 bits per heavy atom. The van der Waals surface area contributed by atoms with Crippen molar-refractivity contribution in [3.05, 3.63) is 74.8 Å². The number of rotatable bonds is 1. The smallest absolute Gasteiger partial charge is 0.258 e. The molecule has 2 aromatic rings. The summed E-state index contributed by atoms with van der Waals surface area (Å²) >= 11 is 5.33. The summed E-state index contributed by atoms with van der Waals surface area (Å²) in [4.78, 5) is 9.29. The number of hydrogen-bond donors (Lipinski definition) is 0. The third-order valence-corrected chi connectivity index (χ3v) is 2.73. The van der Waals surface area contributed by atoms with Crippen LogP contribution in [0.1, 0.15) is 11.1 Å². The van der Waals surface area contributed by atoms with Gasteiger partial charge in [-0.15, -0.1) is 0 Å². The van der Waals surface area contributed by atoms with Crippen LogP contribution in [-0.4, -0.2) is 4.92 Å². The molecule has 0 unspecified atom stereocenters. The monoisotopic (exact) mass is 317 g/mol. The molecule has 0 aliphatic rings. The van der Waals surface area contributed by atoms with E-state index in [0.29, 0.717) is 12.1 Å². The Morgan fingerprint density at radius 1 is 1.10 bits per heavy atom. The van der Waals surface area contributed by atoms with Crippen LogP contribution >= 0.6 is 11.6 Å². The maximum Gasteiger partial charge on any atom is 0.416 e. The van der Waals surface area contributed by atoms with Crippen LogP contribution in [0.25, 0.3) is 0 Å². The van der Waals surface area contributed by atoms with Gasteiger partial charge >= 0.3 is 6.18 Å². The molecule has 0 aromatic heterocycles. The van der Waals surface area contributed by atoms with Crippen LogP contribution in [0.2, 0.25) is 5.02 Å². The van der Waals surface area contributed by atoms with Crippen molar-refractivity contribution >= 4 is 17.3 Å². The molecular weight excluding hydrogens is 307 g/mol. The summed E-state index contributed by atoms with van der Waals surface area (Å²) in [6.45, 7) is 2.08. The first-order valence-electron chi connectivity index (χ1n) is 5.74. The second-order valence-electron chi connectivity index (χ2n) is 4.08. The minimum atomic E-state index is -4.60. The van der Waals surface area contributed by atoms with Gasteiger partial charge in [-0.2, -0.15) is 13.2 Å². The highest BCUT2D eigenvalue weighted by Crippen LogP contribution is 2.34. The van der Waals surface area contributed by atoms with Crippen LogP contribution in [0.15, 0.2) is 48.5 Å². The SMILES string of the molecule is Cc1ccccc1.O=[N+]([O-])c1cc(C(F)(F)F)ccc1Cl. The molecule has 0 saturated heterocycles. The average Bonchev–Trinajstić information content (AvgIpc) is 2.39. The highest BCUT2D eigenvalue weighted by atomic mass is 35.5. The van der Waals surface area contributed by atoms with E-state index < -0.39 is 22.4 Å². The topological polar surface area (TPSA) is 43.1 Å². The standard InChI is InChI=1S/C7H3ClF3NO2.C7H8/c8-5-2-1-4(7(9,10)11)3-6(5)12(13)14;1-7-5-3-2-4-6-7/h1-3H;2-6H,1H3. The first-order valence-corrected chi connectivity index (χ1v) is 6.12. The number of nitrogens with zero attached hydrogens (tertiary/aromatic N) is 1. The molecule has 21 heavy (non-hydrogen) atoms. The molecule has 0 bridgehead atoms. The van der Waals surface area contributed by atoms with E-state index in [1.165, 1.54) is 5.56 Å². The molecule has 2 rings (SSSR count). The lowest BCUT2D eigenvalue weighted by atomic mass is 10.2. The zero-order chi connectivity index (χ0) is 16.0. The zero-order valence-electron chi connectivity index (χ0n) is 10.9. The average molecular weight is 318 g/mol. The Morgan fingerprint density at radius 3 is 2.05 bits per heavy atom. The molecule has 112 valence electrons. The molecule has 0 amide bonds. The summed E-state index contributed by atoms with van der Waals surface area (Å²) in [5.41, 5.74) is -0.516. The molecule has 2 aromatic carbocycles. The van der Waals surface area contributed by atoms with Gasteiger partial charge in [0.25, 0.3) is 5.69 Å². The van der Waals surface area contributed by atoms with E-state index in [4.69, 9.17) is 11.6 Å². The fourth-order valence-electron chi connectivity index (χ4n) is 1.36. The van der Waals surface area contributed by atoms with Crippen molar-refractivity contribution in [2.75, 3.05) is 0 Å². The number of aryl methyl sites for hydroxylation is 1. The molecular formula is C14H11ClF3NO2. The maximum atomic E-state index is 12.1. The number of benzene rings is 2. The van der Waals surface area contributed by atoms with Crippen molar-refractivity contribution in [1.82, 2.24) is 0 Å². The van der Waals surface area contributed by atoms with Crippen molar-refractivity contribution in [3.8, 4) is 0 Å². The summed E-state index contributed by atoms with van der Waals surface area (Å²) < 4.78 is 36.3. The molecule has 0 fully saturated rings. The van der Waals surface area contributed by atoms with Crippen molar-refractivity contribution in [2.24, 2.45) is 0 Å². The number of alkyl halides is 3. The summed E-state index contributed by atoms with van der Waals surface area (Å²) in [7, 11) is 0. The first kappa shape index (κ1) is 17.0. The number of nitro groups is 1. The van der Waals surface area contributed by atoms with Gasteiger partial charge in [0.05, 0.1) is 10.5 Å². The van der Waals surface area contributed by atoms with Gasteiger partial charge in [0.1, 0.15) is 5.02 Å². The van der Waals surface area contributed by atoms with Crippen molar-refractivity contribution in [2.45, 2.75) is 13.1 Å². The molecule has 0 aliphatic carbocycles. The van der Waals surface area contributed by atoms with E-state index >= 15 is 0 Å². The molecule has 0 heterocycles. The van der Waals surface area contributed by atoms with E-state index in [-0.39, 0.29) is 5.02 Å². The second kappa shape index (κ2) is 7.08. The molecule has 0 aliphatic heterocycles. The Bertz CT molecular complexity index is 615. The van der Waals surface area contributed by atoms with Gasteiger partial charge in [-0.25, -0.2) is 0 Å². The van der Waals surface area contributed by atoms with E-state index in [0.717, 1.165) is 6.07 Å². The molecule has 3 nitrogen and oxygen atoms in total. The third-order valence-electron chi connectivity index (χ3n) is 2.41. The zero-order valence-corrected chi connectivity index (χ0v) is 11.7. The predicted molar refractivity (Wildman–Crippen MR) is 74.3 cm³/mol. The minimum absolute atomic E-state index is 0.317. The van der Waals surface area contributed by atoms with Crippen LogP contribution in [0.4, 0.5) is 18.9 Å². The van der Waals surface area contributed by atoms with Crippen molar-refractivity contribution < 1.29 is 18.1 Å². The summed E-state index contributed by atoms with van der Waals surface area (Å²) in [6.07, 6.45) is -4.60. The van der Waals surface area contributed by atoms with E-state index in [1.807, 2.05) is 18.2 Å². The first-order chi connectivity index (χ1) is 9.71. The Hall–Kier alpha value is -2.08. The van der Waals surface area contributed by atoms with Gasteiger partial charge in [0, 0.05) is 6.07 Å². The highest BCUT2D eigenvalue weighted by Gasteiger charge is 2.32. The lowest BCUT2D eigenvalue weighted by Crippen LogP contribution is -2.05. The Balaban J connectivity index is 0.000000262. The quantitative estimate of drug-likeness (QED) is 0.531. The van der Waals surface area contributed by atoms with Gasteiger partial charge in [0.2, 0.25) is 0 Å². The molecule has 0 saturated carbocycles. The van der Waals surface area contributed by atoms with Crippen LogP contribution in [0.3, 0.4) is 0 Å². The number of halogens is 4. The van der Waals surface area contributed by atoms with Crippen molar-refractivity contribution in [1.29, 1.82) is 0 Å². The van der Waals surface area contributed by atoms with E-state index in [9.17, 15) is 23.3 Å². The van der Waals surface area contributed by atoms with Gasteiger partial charge in [-0.1, -0.05) is 47.5 Å². The van der Waals surface area contributed by atoms with Gasteiger partial charge in [-0.3, -0.25) is 10.1 Å². The number of nitro benzene ring substituents is 1. The van der Waals surface area contributed by atoms with Gasteiger partial charge < -0.3 is 0 Å². The predicted octanol–water partition coefficient (Wildman–Crippen LogP) is 5.26. The summed E-state index contributed by atoms with van der Waals surface area (Å²) in [6, 6.07) is 12.2. The van der Waals surface area contributed by atoms with E-state index in [2.05, 4.69) is 19.1 Å². The van der Waals surface area contributed by atoms with Gasteiger partial charge in [-0.05, 0) is 19.1 Å². The normalized spacial score (nSPS) is 10.5. The summed E-state index contributed by atoms with van der Waals surface area (Å²) in [5, 5.41) is 9.94. The molecule has 0 N–H and O–H groups in total. The fourth-order valence-corrected chi connectivity index (χ4v) is 1.55.